The molecule has 32 heavy (non-hydrogen) atoms. The normalized spacial score (nSPS) is 26.2. The number of aromatic amines is 1. The third-order valence-corrected chi connectivity index (χ3v) is 6.82. The standard InChI is InChI=1S/C22H23F2N7O/c23-22(24)18-6-2-14(28-18)8-19(22)31(15-3-4-15)20-11-25-21(30-29-20)16-5-1-12(7-17(16)32)13-9-26-27-10-13/h1,5,7,9-11,14-15,18-19,28,32H,2-4,6,8H2,(H,26,27)/t14-,18+,19+/m0/s1. The lowest BCUT2D eigenvalue weighted by Crippen LogP contribution is -2.63. The highest BCUT2D eigenvalue weighted by atomic mass is 19.3. The molecule has 1 aliphatic carbocycles. The average Bonchev–Trinajstić information content (AvgIpc) is 3.29. The van der Waals surface area contributed by atoms with E-state index in [1.807, 2.05) is 6.07 Å². The number of hydrogen-bond acceptors (Lipinski definition) is 7. The number of benzene rings is 1. The summed E-state index contributed by atoms with van der Waals surface area (Å²) in [6.07, 6.45) is 8.32. The fraction of sp³-hybridized carbons (Fsp3) is 0.455. The minimum Gasteiger partial charge on any atom is -0.507 e. The van der Waals surface area contributed by atoms with Crippen LogP contribution in [0.1, 0.15) is 32.1 Å². The Labute approximate surface area is 183 Å². The van der Waals surface area contributed by atoms with E-state index in [4.69, 9.17) is 0 Å². The Balaban J connectivity index is 1.29. The molecule has 0 amide bonds. The van der Waals surface area contributed by atoms with Gasteiger partial charge >= 0.3 is 0 Å². The summed E-state index contributed by atoms with van der Waals surface area (Å²) < 4.78 is 30.4. The maximum absolute atomic E-state index is 15.2. The molecule has 3 aromatic rings. The molecule has 0 radical (unpaired) electrons. The van der Waals surface area contributed by atoms with Gasteiger partial charge in [0.15, 0.2) is 11.6 Å². The van der Waals surface area contributed by atoms with Crippen LogP contribution in [0.15, 0.2) is 36.8 Å². The fourth-order valence-corrected chi connectivity index (χ4v) is 5.04. The van der Waals surface area contributed by atoms with Crippen LogP contribution in [0.4, 0.5) is 14.6 Å². The van der Waals surface area contributed by atoms with Gasteiger partial charge in [0.1, 0.15) is 5.75 Å². The highest BCUT2D eigenvalue weighted by Crippen LogP contribution is 2.45. The first-order valence-electron chi connectivity index (χ1n) is 10.9. The number of aromatic hydroxyl groups is 1. The molecule has 3 fully saturated rings. The van der Waals surface area contributed by atoms with Gasteiger partial charge in [0.2, 0.25) is 0 Å². The molecule has 0 spiro atoms. The van der Waals surface area contributed by atoms with Gasteiger partial charge in [0.05, 0.1) is 30.0 Å². The van der Waals surface area contributed by atoms with E-state index in [9.17, 15) is 5.11 Å². The largest absolute Gasteiger partial charge is 0.507 e. The molecule has 8 nitrogen and oxygen atoms in total. The van der Waals surface area contributed by atoms with Gasteiger partial charge in [-0.1, -0.05) is 6.07 Å². The number of anilines is 1. The predicted molar refractivity (Wildman–Crippen MR) is 113 cm³/mol. The van der Waals surface area contributed by atoms with E-state index >= 15 is 8.78 Å². The molecule has 2 aliphatic heterocycles. The lowest BCUT2D eigenvalue weighted by Gasteiger charge is -2.43. The van der Waals surface area contributed by atoms with Gasteiger partial charge in [-0.05, 0) is 49.8 Å². The lowest BCUT2D eigenvalue weighted by molar-refractivity contribution is -0.0743. The summed E-state index contributed by atoms with van der Waals surface area (Å²) >= 11 is 0. The second kappa shape index (κ2) is 7.19. The molecule has 2 aromatic heterocycles. The van der Waals surface area contributed by atoms with E-state index in [1.54, 1.807) is 29.4 Å². The summed E-state index contributed by atoms with van der Waals surface area (Å²) in [5, 5.41) is 28.7. The van der Waals surface area contributed by atoms with Crippen molar-refractivity contribution in [3.63, 3.8) is 0 Å². The molecule has 1 saturated carbocycles. The molecule has 0 unspecified atom stereocenters. The van der Waals surface area contributed by atoms with Crippen molar-refractivity contribution in [2.45, 2.75) is 62.2 Å². The number of alkyl halides is 2. The Morgan fingerprint density at radius 2 is 1.94 bits per heavy atom. The van der Waals surface area contributed by atoms with Gasteiger partial charge in [-0.2, -0.15) is 5.10 Å². The number of nitrogens with zero attached hydrogens (tertiary/aromatic N) is 5. The van der Waals surface area contributed by atoms with Crippen molar-refractivity contribution in [1.29, 1.82) is 0 Å². The van der Waals surface area contributed by atoms with Gasteiger partial charge in [-0.3, -0.25) is 5.10 Å². The van der Waals surface area contributed by atoms with Crippen LogP contribution in [0.25, 0.3) is 22.5 Å². The number of fused-ring (bicyclic) bond motifs is 2. The monoisotopic (exact) mass is 439 g/mol. The molecular formula is C22H23F2N7O. The summed E-state index contributed by atoms with van der Waals surface area (Å²) in [5.41, 5.74) is 2.07. The van der Waals surface area contributed by atoms with E-state index in [0.29, 0.717) is 24.2 Å². The number of halogens is 2. The topological polar surface area (TPSA) is 103 Å². The molecule has 2 bridgehead atoms. The van der Waals surface area contributed by atoms with Gasteiger partial charge in [-0.25, -0.2) is 13.8 Å². The number of nitrogens with one attached hydrogen (secondary N) is 2. The number of piperidine rings is 1. The molecule has 3 aliphatic rings. The van der Waals surface area contributed by atoms with Crippen molar-refractivity contribution in [2.75, 3.05) is 4.90 Å². The van der Waals surface area contributed by atoms with Crippen molar-refractivity contribution in [3.05, 3.63) is 36.8 Å². The first-order valence-corrected chi connectivity index (χ1v) is 10.9. The van der Waals surface area contributed by atoms with Crippen LogP contribution >= 0.6 is 0 Å². The zero-order valence-electron chi connectivity index (χ0n) is 17.2. The van der Waals surface area contributed by atoms with E-state index in [0.717, 1.165) is 30.4 Å². The smallest absolute Gasteiger partial charge is 0.283 e. The molecule has 10 heteroatoms. The predicted octanol–water partition coefficient (Wildman–Crippen LogP) is 3.13. The van der Waals surface area contributed by atoms with Crippen molar-refractivity contribution in [1.82, 2.24) is 30.7 Å². The zero-order chi connectivity index (χ0) is 21.9. The second-order valence-electron chi connectivity index (χ2n) is 8.92. The number of H-pyrrole nitrogens is 1. The quantitative estimate of drug-likeness (QED) is 0.561. The van der Waals surface area contributed by atoms with Crippen LogP contribution in [0, 0.1) is 0 Å². The first-order chi connectivity index (χ1) is 15.5. The maximum atomic E-state index is 15.2. The third-order valence-electron chi connectivity index (χ3n) is 6.82. The van der Waals surface area contributed by atoms with Crippen LogP contribution in [-0.4, -0.2) is 60.6 Å². The minimum absolute atomic E-state index is 0.0127. The fourth-order valence-electron chi connectivity index (χ4n) is 5.04. The second-order valence-corrected chi connectivity index (χ2v) is 8.92. The number of phenolic OH excluding ortho intramolecular Hbond substituents is 1. The Hall–Kier alpha value is -3.14. The van der Waals surface area contributed by atoms with Gasteiger partial charge in [-0.15, -0.1) is 10.2 Å². The van der Waals surface area contributed by atoms with Crippen molar-refractivity contribution in [3.8, 4) is 28.3 Å². The van der Waals surface area contributed by atoms with E-state index < -0.39 is 18.0 Å². The van der Waals surface area contributed by atoms with Crippen LogP contribution in [0.3, 0.4) is 0 Å². The van der Waals surface area contributed by atoms with Gasteiger partial charge in [0.25, 0.3) is 5.92 Å². The molecular weight excluding hydrogens is 416 g/mol. The minimum atomic E-state index is -2.84. The third kappa shape index (κ3) is 3.21. The Kier molecular flexibility index (Phi) is 4.39. The Morgan fingerprint density at radius 1 is 1.06 bits per heavy atom. The van der Waals surface area contributed by atoms with E-state index in [1.165, 1.54) is 6.20 Å². The molecule has 4 heterocycles. The molecule has 1 aromatic carbocycles. The number of hydrogen-bond donors (Lipinski definition) is 3. The number of aromatic nitrogens is 5. The molecule has 166 valence electrons. The first kappa shape index (κ1) is 19.5. The highest BCUT2D eigenvalue weighted by molar-refractivity contribution is 5.72. The average molecular weight is 439 g/mol. The van der Waals surface area contributed by atoms with Crippen molar-refractivity contribution in [2.24, 2.45) is 0 Å². The molecule has 6 rings (SSSR count). The van der Waals surface area contributed by atoms with Crippen LogP contribution in [0.5, 0.6) is 5.75 Å². The number of phenols is 1. The van der Waals surface area contributed by atoms with E-state index in [-0.39, 0.29) is 23.7 Å². The summed E-state index contributed by atoms with van der Waals surface area (Å²) in [6.45, 7) is 0. The summed E-state index contributed by atoms with van der Waals surface area (Å²) in [6, 6.07) is 3.64. The van der Waals surface area contributed by atoms with Crippen LogP contribution in [0.2, 0.25) is 0 Å². The van der Waals surface area contributed by atoms with Crippen molar-refractivity contribution >= 4 is 5.82 Å². The van der Waals surface area contributed by atoms with Crippen LogP contribution < -0.4 is 10.2 Å². The van der Waals surface area contributed by atoms with E-state index in [2.05, 4.69) is 30.7 Å². The Morgan fingerprint density at radius 3 is 2.62 bits per heavy atom. The number of rotatable bonds is 5. The summed E-state index contributed by atoms with van der Waals surface area (Å²) in [7, 11) is 0. The Bertz CT molecular complexity index is 1120. The molecule has 3 N–H and O–H groups in total. The maximum Gasteiger partial charge on any atom is 0.283 e. The zero-order valence-corrected chi connectivity index (χ0v) is 17.2. The van der Waals surface area contributed by atoms with Gasteiger partial charge < -0.3 is 15.3 Å². The summed E-state index contributed by atoms with van der Waals surface area (Å²) in [4.78, 5) is 6.12. The lowest BCUT2D eigenvalue weighted by atomic mass is 9.93. The summed E-state index contributed by atoms with van der Waals surface area (Å²) in [5.74, 6) is -2.20. The molecule has 2 saturated heterocycles. The van der Waals surface area contributed by atoms with Crippen LogP contribution in [-0.2, 0) is 0 Å². The highest BCUT2D eigenvalue weighted by Gasteiger charge is 2.58. The SMILES string of the molecule is Oc1cc(-c2cn[nH]c2)ccc1-c1ncc(N(C2CC2)[C@@H]2C[C@@H]3CC[C@@H](N3)C2(F)F)nn1. The van der Waals surface area contributed by atoms with Gasteiger partial charge in [0, 0.05) is 23.8 Å². The molecule has 3 atom stereocenters. The van der Waals surface area contributed by atoms with Crippen molar-refractivity contribution < 1.29 is 13.9 Å².